The van der Waals surface area contributed by atoms with E-state index in [1.165, 1.54) is 18.3 Å². The summed E-state index contributed by atoms with van der Waals surface area (Å²) in [7, 11) is 0. The number of anilines is 1. The normalized spacial score (nSPS) is 9.68. The summed E-state index contributed by atoms with van der Waals surface area (Å²) in [4.78, 5) is 23.1. The molecule has 2 aromatic rings. The van der Waals surface area contributed by atoms with Crippen LogP contribution in [0.25, 0.3) is 0 Å². The minimum atomic E-state index is -0.297. The molecule has 2 rings (SSSR count). The largest absolute Gasteiger partial charge is 0.312 e. The Morgan fingerprint density at radius 1 is 1.16 bits per heavy atom. The zero-order valence-electron chi connectivity index (χ0n) is 10.1. The number of thiophene rings is 1. The molecule has 0 aliphatic rings. The number of benzene rings is 1. The van der Waals surface area contributed by atoms with Crippen LogP contribution in [0, 0.1) is 11.3 Å². The van der Waals surface area contributed by atoms with Crippen molar-refractivity contribution in [3.63, 3.8) is 0 Å². The maximum Gasteiger partial charge on any atom is 0.256 e. The average Bonchev–Trinajstić information content (AvgIpc) is 2.86. The van der Waals surface area contributed by atoms with E-state index < -0.39 is 0 Å². The van der Waals surface area contributed by atoms with Crippen molar-refractivity contribution in [3.8, 4) is 6.07 Å². The number of carbonyl (C=O) groups excluding carboxylic acids is 2. The van der Waals surface area contributed by atoms with Crippen molar-refractivity contribution >= 4 is 28.0 Å². The summed E-state index contributed by atoms with van der Waals surface area (Å²) in [6, 6.07) is 10.1. The second kappa shape index (κ2) is 5.46. The van der Waals surface area contributed by atoms with Crippen molar-refractivity contribution in [3.05, 3.63) is 52.4 Å². The van der Waals surface area contributed by atoms with Crippen molar-refractivity contribution in [1.82, 2.24) is 0 Å². The third-order valence-corrected chi connectivity index (χ3v) is 3.40. The molecule has 0 bridgehead atoms. The Morgan fingerprint density at radius 2 is 1.79 bits per heavy atom. The summed E-state index contributed by atoms with van der Waals surface area (Å²) in [6.45, 7) is 1.47. The molecule has 0 unspecified atom stereocenters. The number of nitrogens with zero attached hydrogens (tertiary/aromatic N) is 1. The standard InChI is InChI=1S/C14H10N2O2S/c1-9(17)10-2-4-11(5-3-10)13(18)16-14-12(8-15)6-7-19-14/h2-7H,1H3,(H,16,18). The van der Waals surface area contributed by atoms with E-state index in [2.05, 4.69) is 5.32 Å². The zero-order valence-corrected chi connectivity index (χ0v) is 11.0. The molecule has 1 aromatic heterocycles. The number of hydrogen-bond donors (Lipinski definition) is 1. The van der Waals surface area contributed by atoms with Crippen LogP contribution in [0.15, 0.2) is 35.7 Å². The zero-order chi connectivity index (χ0) is 13.8. The second-order valence-corrected chi connectivity index (χ2v) is 4.78. The first-order chi connectivity index (χ1) is 9.11. The predicted molar refractivity (Wildman–Crippen MR) is 73.4 cm³/mol. The van der Waals surface area contributed by atoms with Crippen LogP contribution in [0.4, 0.5) is 5.00 Å². The number of hydrogen-bond acceptors (Lipinski definition) is 4. The highest BCUT2D eigenvalue weighted by atomic mass is 32.1. The fraction of sp³-hybridized carbons (Fsp3) is 0.0714. The molecule has 1 heterocycles. The first kappa shape index (κ1) is 13.0. The number of rotatable bonds is 3. The smallest absolute Gasteiger partial charge is 0.256 e. The molecular weight excluding hydrogens is 260 g/mol. The molecule has 1 aromatic carbocycles. The molecule has 0 saturated carbocycles. The van der Waals surface area contributed by atoms with Crippen LogP contribution in [-0.2, 0) is 0 Å². The first-order valence-corrected chi connectivity index (χ1v) is 6.39. The van der Waals surface area contributed by atoms with Gasteiger partial charge in [0.15, 0.2) is 5.78 Å². The maximum absolute atomic E-state index is 12.0. The van der Waals surface area contributed by atoms with Crippen LogP contribution in [0.5, 0.6) is 0 Å². The minimum absolute atomic E-state index is 0.0445. The molecule has 1 amide bonds. The van der Waals surface area contributed by atoms with Gasteiger partial charge in [-0.05, 0) is 30.5 Å². The third kappa shape index (κ3) is 2.87. The summed E-state index contributed by atoms with van der Waals surface area (Å²) in [5, 5.41) is 13.8. The summed E-state index contributed by atoms with van der Waals surface area (Å²) in [5.74, 6) is -0.342. The molecule has 94 valence electrons. The topological polar surface area (TPSA) is 70.0 Å². The van der Waals surface area contributed by atoms with Crippen molar-refractivity contribution in [2.24, 2.45) is 0 Å². The molecular formula is C14H10N2O2S. The average molecular weight is 270 g/mol. The van der Waals surface area contributed by atoms with Gasteiger partial charge in [0.1, 0.15) is 11.1 Å². The van der Waals surface area contributed by atoms with Crippen LogP contribution in [0.3, 0.4) is 0 Å². The Balaban J connectivity index is 2.17. The monoisotopic (exact) mass is 270 g/mol. The van der Waals surface area contributed by atoms with E-state index in [4.69, 9.17) is 5.26 Å². The Morgan fingerprint density at radius 3 is 2.37 bits per heavy atom. The summed E-state index contributed by atoms with van der Waals surface area (Å²) in [5.41, 5.74) is 1.45. The van der Waals surface area contributed by atoms with Gasteiger partial charge in [-0.2, -0.15) is 5.26 Å². The van der Waals surface area contributed by atoms with Gasteiger partial charge in [-0.15, -0.1) is 11.3 Å². The van der Waals surface area contributed by atoms with E-state index in [1.807, 2.05) is 6.07 Å². The Bertz CT molecular complexity index is 665. The van der Waals surface area contributed by atoms with Crippen LogP contribution in [0.1, 0.15) is 33.2 Å². The fourth-order valence-electron chi connectivity index (χ4n) is 1.53. The van der Waals surface area contributed by atoms with Gasteiger partial charge in [-0.3, -0.25) is 9.59 Å². The lowest BCUT2D eigenvalue weighted by Crippen LogP contribution is -2.11. The van der Waals surface area contributed by atoms with Gasteiger partial charge in [0, 0.05) is 11.1 Å². The van der Waals surface area contributed by atoms with Gasteiger partial charge in [-0.25, -0.2) is 0 Å². The molecule has 0 aliphatic carbocycles. The van der Waals surface area contributed by atoms with Crippen molar-refractivity contribution in [2.75, 3.05) is 5.32 Å². The molecule has 19 heavy (non-hydrogen) atoms. The predicted octanol–water partition coefficient (Wildman–Crippen LogP) is 3.07. The highest BCUT2D eigenvalue weighted by Crippen LogP contribution is 2.22. The quantitative estimate of drug-likeness (QED) is 0.871. The molecule has 0 fully saturated rings. The molecule has 0 radical (unpaired) electrons. The van der Waals surface area contributed by atoms with Crippen LogP contribution in [0.2, 0.25) is 0 Å². The van der Waals surface area contributed by atoms with Crippen LogP contribution < -0.4 is 5.32 Å². The van der Waals surface area contributed by atoms with E-state index in [0.29, 0.717) is 21.7 Å². The molecule has 0 aliphatic heterocycles. The van der Waals surface area contributed by atoms with E-state index in [1.54, 1.807) is 35.7 Å². The van der Waals surface area contributed by atoms with Gasteiger partial charge in [0.25, 0.3) is 5.91 Å². The molecule has 1 N–H and O–H groups in total. The van der Waals surface area contributed by atoms with Gasteiger partial charge < -0.3 is 5.32 Å². The maximum atomic E-state index is 12.0. The number of amides is 1. The van der Waals surface area contributed by atoms with Gasteiger partial charge in [-0.1, -0.05) is 12.1 Å². The van der Waals surface area contributed by atoms with Crippen molar-refractivity contribution in [1.29, 1.82) is 5.26 Å². The Labute approximate surface area is 114 Å². The summed E-state index contributed by atoms with van der Waals surface area (Å²) in [6.07, 6.45) is 0. The Kier molecular flexibility index (Phi) is 3.74. The molecule has 5 heteroatoms. The van der Waals surface area contributed by atoms with Crippen LogP contribution in [-0.4, -0.2) is 11.7 Å². The summed E-state index contributed by atoms with van der Waals surface area (Å²) < 4.78 is 0. The van der Waals surface area contributed by atoms with Gasteiger partial charge >= 0.3 is 0 Å². The van der Waals surface area contributed by atoms with Crippen molar-refractivity contribution in [2.45, 2.75) is 6.92 Å². The first-order valence-electron chi connectivity index (χ1n) is 5.52. The number of Topliss-reactive ketones (excluding diaryl/α,β-unsaturated/α-hetero) is 1. The molecule has 0 spiro atoms. The molecule has 0 atom stereocenters. The van der Waals surface area contributed by atoms with E-state index in [0.717, 1.165) is 0 Å². The minimum Gasteiger partial charge on any atom is -0.312 e. The van der Waals surface area contributed by atoms with Gasteiger partial charge in [0.2, 0.25) is 0 Å². The van der Waals surface area contributed by atoms with Gasteiger partial charge in [0.05, 0.1) is 5.56 Å². The SMILES string of the molecule is CC(=O)c1ccc(C(=O)Nc2sccc2C#N)cc1. The fourth-order valence-corrected chi connectivity index (χ4v) is 2.26. The highest BCUT2D eigenvalue weighted by Gasteiger charge is 2.10. The third-order valence-electron chi connectivity index (χ3n) is 2.57. The van der Waals surface area contributed by atoms with Crippen molar-refractivity contribution < 1.29 is 9.59 Å². The number of nitriles is 1. The van der Waals surface area contributed by atoms with Crippen LogP contribution >= 0.6 is 11.3 Å². The van der Waals surface area contributed by atoms with E-state index in [-0.39, 0.29) is 11.7 Å². The van der Waals surface area contributed by atoms with E-state index in [9.17, 15) is 9.59 Å². The number of nitrogens with one attached hydrogen (secondary N) is 1. The molecule has 0 saturated heterocycles. The highest BCUT2D eigenvalue weighted by molar-refractivity contribution is 7.14. The molecule has 4 nitrogen and oxygen atoms in total. The number of carbonyl (C=O) groups is 2. The second-order valence-electron chi connectivity index (χ2n) is 3.86. The lowest BCUT2D eigenvalue weighted by atomic mass is 10.1. The summed E-state index contributed by atoms with van der Waals surface area (Å²) >= 11 is 1.30. The van der Waals surface area contributed by atoms with E-state index >= 15 is 0 Å². The Hall–Kier alpha value is -2.45. The lowest BCUT2D eigenvalue weighted by Gasteiger charge is -2.04. The number of ketones is 1. The lowest BCUT2D eigenvalue weighted by molar-refractivity contribution is 0.101.